The number of hydrogen-bond acceptors (Lipinski definition) is 6. The third-order valence-electron chi connectivity index (χ3n) is 4.79. The van der Waals surface area contributed by atoms with Gasteiger partial charge in [-0.1, -0.05) is 30.3 Å². The maximum Gasteiger partial charge on any atom is 0.221 e. The van der Waals surface area contributed by atoms with Crippen LogP contribution in [-0.4, -0.2) is 33.5 Å². The van der Waals surface area contributed by atoms with Gasteiger partial charge in [0.25, 0.3) is 0 Å². The zero-order valence-corrected chi connectivity index (χ0v) is 17.8. The summed E-state index contributed by atoms with van der Waals surface area (Å²) in [4.78, 5) is 4.41. The zero-order chi connectivity index (χ0) is 19.7. The van der Waals surface area contributed by atoms with Gasteiger partial charge in [0.15, 0.2) is 0 Å². The Hall–Kier alpha value is -3.07. The lowest BCUT2D eigenvalue weighted by Gasteiger charge is -2.08. The van der Waals surface area contributed by atoms with Crippen LogP contribution in [0.1, 0.15) is 23.1 Å². The van der Waals surface area contributed by atoms with E-state index in [4.69, 9.17) is 21.1 Å². The van der Waals surface area contributed by atoms with Gasteiger partial charge in [-0.15, -0.1) is 24.8 Å². The van der Waals surface area contributed by atoms with Gasteiger partial charge in [-0.05, 0) is 30.5 Å². The molecule has 1 aliphatic carbocycles. The molecular weight excluding hydrogens is 427 g/mol. The van der Waals surface area contributed by atoms with E-state index in [0.29, 0.717) is 17.2 Å². The molecule has 158 valence electrons. The lowest BCUT2D eigenvalue weighted by Crippen LogP contribution is -2.20. The second kappa shape index (κ2) is 9.62. The standard InChI is InChI=1S/C20H20N6O2.2ClH/c1-28-13-5-2-4-12(10-13)18-11-26(20(22)23-18)24-17-9-8-14-15(17)6-3-7-16(14)19(21)25-27;;/h2-7,10-11,27H,8-9H2,1H3,(H2,21,25)(H2,22,23);2*1H. The van der Waals surface area contributed by atoms with Gasteiger partial charge in [-0.25, -0.2) is 9.66 Å². The molecule has 0 fully saturated rings. The molecule has 2 aromatic carbocycles. The van der Waals surface area contributed by atoms with E-state index in [9.17, 15) is 0 Å². The molecule has 0 saturated heterocycles. The zero-order valence-electron chi connectivity index (χ0n) is 16.1. The Labute approximate surface area is 186 Å². The molecule has 0 atom stereocenters. The summed E-state index contributed by atoms with van der Waals surface area (Å²) in [5, 5.41) is 21.6. The van der Waals surface area contributed by atoms with Gasteiger partial charge < -0.3 is 10.5 Å². The maximum absolute atomic E-state index is 9.06. The van der Waals surface area contributed by atoms with Crippen LogP contribution in [0, 0.1) is 5.41 Å². The first kappa shape index (κ1) is 23.2. The van der Waals surface area contributed by atoms with Gasteiger partial charge in [-0.3, -0.25) is 16.1 Å². The average Bonchev–Trinajstić information content (AvgIpc) is 3.31. The lowest BCUT2D eigenvalue weighted by molar-refractivity contribution is 0.234. The summed E-state index contributed by atoms with van der Waals surface area (Å²) in [6.07, 6.45) is 3.25. The first-order valence-electron chi connectivity index (χ1n) is 8.79. The molecule has 0 radical (unpaired) electrons. The van der Waals surface area contributed by atoms with Gasteiger partial charge in [0.05, 0.1) is 24.7 Å². The largest absolute Gasteiger partial charge is 0.497 e. The molecule has 0 unspecified atom stereocenters. The Morgan fingerprint density at radius 3 is 2.73 bits per heavy atom. The summed E-state index contributed by atoms with van der Waals surface area (Å²) in [5.74, 6) is 1.01. The number of nitrogen functional groups attached to an aromatic ring is 1. The molecule has 4 rings (SSSR count). The van der Waals surface area contributed by atoms with Crippen molar-refractivity contribution in [3.8, 4) is 17.0 Å². The van der Waals surface area contributed by atoms with Crippen LogP contribution in [0.25, 0.3) is 11.3 Å². The fourth-order valence-corrected chi connectivity index (χ4v) is 3.42. The second-order valence-electron chi connectivity index (χ2n) is 6.43. The number of fused-ring (bicyclic) bond motifs is 1. The Morgan fingerprint density at radius 1 is 1.23 bits per heavy atom. The van der Waals surface area contributed by atoms with E-state index < -0.39 is 0 Å². The number of nitrogens with zero attached hydrogens (tertiary/aromatic N) is 3. The highest BCUT2D eigenvalue weighted by molar-refractivity contribution is 6.08. The van der Waals surface area contributed by atoms with Crippen molar-refractivity contribution in [3.05, 3.63) is 65.4 Å². The van der Waals surface area contributed by atoms with Crippen molar-refractivity contribution in [2.75, 3.05) is 12.8 Å². The number of amidine groups is 1. The van der Waals surface area contributed by atoms with Crippen LogP contribution in [0.4, 0.5) is 5.95 Å². The molecule has 1 aromatic heterocycles. The number of hydroxylamine groups is 1. The number of nitrogens with one attached hydrogen (secondary N) is 2. The summed E-state index contributed by atoms with van der Waals surface area (Å²) < 4.78 is 6.84. The van der Waals surface area contributed by atoms with Crippen molar-refractivity contribution in [2.24, 2.45) is 5.10 Å². The Balaban J connectivity index is 0.00000160. The molecule has 0 spiro atoms. The summed E-state index contributed by atoms with van der Waals surface area (Å²) in [6.45, 7) is 0. The first-order valence-corrected chi connectivity index (χ1v) is 8.79. The van der Waals surface area contributed by atoms with Crippen LogP contribution >= 0.6 is 24.8 Å². The van der Waals surface area contributed by atoms with Crippen LogP contribution < -0.4 is 16.0 Å². The summed E-state index contributed by atoms with van der Waals surface area (Å²) >= 11 is 0. The van der Waals surface area contributed by atoms with Gasteiger partial charge in [0.1, 0.15) is 11.6 Å². The van der Waals surface area contributed by atoms with E-state index in [1.807, 2.05) is 41.9 Å². The number of hydrogen-bond donors (Lipinski definition) is 4. The molecule has 3 aromatic rings. The maximum atomic E-state index is 9.06. The van der Waals surface area contributed by atoms with Crippen molar-refractivity contribution < 1.29 is 9.94 Å². The highest BCUT2D eigenvalue weighted by Gasteiger charge is 2.22. The highest BCUT2D eigenvalue weighted by atomic mass is 35.5. The molecule has 0 aliphatic heterocycles. The number of benzene rings is 2. The van der Waals surface area contributed by atoms with Gasteiger partial charge in [-0.2, -0.15) is 5.10 Å². The molecule has 0 saturated carbocycles. The number of imidazole rings is 1. The molecule has 30 heavy (non-hydrogen) atoms. The summed E-state index contributed by atoms with van der Waals surface area (Å²) in [7, 11) is 1.62. The predicted molar refractivity (Wildman–Crippen MR) is 122 cm³/mol. The fourth-order valence-electron chi connectivity index (χ4n) is 3.42. The first-order chi connectivity index (χ1) is 13.6. The number of aromatic nitrogens is 2. The Bertz CT molecular complexity index is 1100. The Kier molecular flexibility index (Phi) is 7.44. The second-order valence-corrected chi connectivity index (χ2v) is 6.43. The minimum absolute atomic E-state index is 0. The quantitative estimate of drug-likeness (QED) is 0.276. The van der Waals surface area contributed by atoms with Crippen LogP contribution in [0.3, 0.4) is 0 Å². The SMILES string of the molecule is COc1cccc(-c2cn(N=C3CCc4c(C(=N)NO)cccc43)c(N)n2)c1.Cl.Cl. The van der Waals surface area contributed by atoms with Crippen molar-refractivity contribution in [2.45, 2.75) is 12.8 Å². The van der Waals surface area contributed by atoms with E-state index >= 15 is 0 Å². The van der Waals surface area contributed by atoms with E-state index in [0.717, 1.165) is 41.0 Å². The molecule has 0 amide bonds. The van der Waals surface area contributed by atoms with Crippen molar-refractivity contribution in [1.29, 1.82) is 5.41 Å². The predicted octanol–water partition coefficient (Wildman–Crippen LogP) is 3.49. The number of halogens is 2. The van der Waals surface area contributed by atoms with E-state index in [1.165, 1.54) is 0 Å². The monoisotopic (exact) mass is 448 g/mol. The van der Waals surface area contributed by atoms with Crippen molar-refractivity contribution in [1.82, 2.24) is 15.1 Å². The van der Waals surface area contributed by atoms with Gasteiger partial charge in [0.2, 0.25) is 5.95 Å². The van der Waals surface area contributed by atoms with Crippen LogP contribution in [-0.2, 0) is 6.42 Å². The minimum atomic E-state index is -0.0273. The van der Waals surface area contributed by atoms with E-state index in [2.05, 4.69) is 10.1 Å². The summed E-state index contributed by atoms with van der Waals surface area (Å²) in [6, 6.07) is 13.2. The van der Waals surface area contributed by atoms with Crippen LogP contribution in [0.15, 0.2) is 53.8 Å². The average molecular weight is 449 g/mol. The topological polar surface area (TPSA) is 122 Å². The van der Waals surface area contributed by atoms with Crippen LogP contribution in [0.5, 0.6) is 5.75 Å². The smallest absolute Gasteiger partial charge is 0.221 e. The molecule has 1 heterocycles. The van der Waals surface area contributed by atoms with Crippen molar-refractivity contribution in [3.63, 3.8) is 0 Å². The Morgan fingerprint density at radius 2 is 2.00 bits per heavy atom. The number of methoxy groups -OCH3 is 1. The molecule has 1 aliphatic rings. The normalized spacial score (nSPS) is 13.2. The number of ether oxygens (including phenoxy) is 1. The third kappa shape index (κ3) is 4.25. The number of anilines is 1. The minimum Gasteiger partial charge on any atom is -0.497 e. The van der Waals surface area contributed by atoms with E-state index in [1.54, 1.807) is 24.0 Å². The molecule has 0 bridgehead atoms. The van der Waals surface area contributed by atoms with E-state index in [-0.39, 0.29) is 30.6 Å². The third-order valence-corrected chi connectivity index (χ3v) is 4.79. The molecular formula is C20H22Cl2N6O2. The number of rotatable bonds is 4. The van der Waals surface area contributed by atoms with Crippen molar-refractivity contribution >= 4 is 42.3 Å². The molecule has 5 N–H and O–H groups in total. The van der Waals surface area contributed by atoms with Gasteiger partial charge >= 0.3 is 0 Å². The van der Waals surface area contributed by atoms with Gasteiger partial charge in [0, 0.05) is 16.7 Å². The number of nitrogens with two attached hydrogens (primary N) is 1. The lowest BCUT2D eigenvalue weighted by atomic mass is 10.0. The molecule has 10 heteroatoms. The summed E-state index contributed by atoms with van der Waals surface area (Å²) in [5.41, 5.74) is 13.1. The molecule has 8 nitrogen and oxygen atoms in total. The highest BCUT2D eigenvalue weighted by Crippen LogP contribution is 2.28. The fraction of sp³-hybridized carbons (Fsp3) is 0.150. The van der Waals surface area contributed by atoms with Crippen LogP contribution in [0.2, 0.25) is 0 Å².